The molecule has 0 fully saturated rings. The number of rotatable bonds is 1. The van der Waals surface area contributed by atoms with Crippen LogP contribution in [0.15, 0.2) is 35.7 Å². The Morgan fingerprint density at radius 1 is 1.30 bits per heavy atom. The zero-order valence-corrected chi connectivity index (χ0v) is 11.3. The molecule has 100 valence electrons. The van der Waals surface area contributed by atoms with E-state index in [0.29, 0.717) is 23.5 Å². The maximum Gasteiger partial charge on any atom is 0.273 e. The fourth-order valence-electron chi connectivity index (χ4n) is 2.56. The van der Waals surface area contributed by atoms with E-state index in [4.69, 9.17) is 0 Å². The summed E-state index contributed by atoms with van der Waals surface area (Å²) in [5, 5.41) is 13.2. The van der Waals surface area contributed by atoms with E-state index < -0.39 is 0 Å². The molecule has 5 nitrogen and oxygen atoms in total. The monoisotopic (exact) mass is 266 g/mol. The summed E-state index contributed by atoms with van der Waals surface area (Å²) in [4.78, 5) is 17.2. The van der Waals surface area contributed by atoms with Gasteiger partial charge in [-0.3, -0.25) is 4.79 Å². The lowest BCUT2D eigenvalue weighted by molar-refractivity contribution is 0.0952. The first-order chi connectivity index (χ1) is 9.61. The number of carbonyl (C=O) groups excluding carboxylic acids is 1. The second-order valence-corrected chi connectivity index (χ2v) is 4.99. The Balaban J connectivity index is 2.24. The summed E-state index contributed by atoms with van der Waals surface area (Å²) < 4.78 is 0. The third-order valence-corrected chi connectivity index (χ3v) is 3.49. The Kier molecular flexibility index (Phi) is 2.72. The second-order valence-electron chi connectivity index (χ2n) is 4.99. The summed E-state index contributed by atoms with van der Waals surface area (Å²) in [6, 6.07) is 9.95. The largest absolute Gasteiger partial charge is 0.363 e. The number of amides is 1. The highest BCUT2D eigenvalue weighted by atomic mass is 16.2. The fraction of sp³-hybridized carbons (Fsp3) is 0.200. The summed E-state index contributed by atoms with van der Waals surface area (Å²) in [5.41, 5.74) is 2.90. The molecule has 0 bridgehead atoms. The number of para-hydroxylation sites is 1. The summed E-state index contributed by atoms with van der Waals surface area (Å²) in [6.07, 6.45) is 0.447. The van der Waals surface area contributed by atoms with Crippen LogP contribution in [0.25, 0.3) is 10.9 Å². The highest BCUT2D eigenvalue weighted by Gasteiger charge is 2.25. The van der Waals surface area contributed by atoms with Crippen molar-refractivity contribution >= 4 is 16.8 Å². The predicted octanol–water partition coefficient (Wildman–Crippen LogP) is 1.75. The Bertz CT molecular complexity index is 777. The molecule has 0 atom stereocenters. The number of carbonyl (C=O) groups is 1. The highest BCUT2D eigenvalue weighted by molar-refractivity contribution is 6.02. The lowest BCUT2D eigenvalue weighted by Crippen LogP contribution is -2.31. The first kappa shape index (κ1) is 12.3. The highest BCUT2D eigenvalue weighted by Crippen LogP contribution is 2.28. The normalized spacial score (nSPS) is 14.6. The Hall–Kier alpha value is -2.74. The van der Waals surface area contributed by atoms with Gasteiger partial charge in [-0.15, -0.1) is 0 Å². The van der Waals surface area contributed by atoms with Crippen LogP contribution in [0.3, 0.4) is 0 Å². The molecule has 2 heterocycles. The van der Waals surface area contributed by atoms with Gasteiger partial charge >= 0.3 is 0 Å². The van der Waals surface area contributed by atoms with Crippen LogP contribution < -0.4 is 5.32 Å². The van der Waals surface area contributed by atoms with Crippen molar-refractivity contribution < 1.29 is 4.79 Å². The summed E-state index contributed by atoms with van der Waals surface area (Å²) >= 11 is 0. The van der Waals surface area contributed by atoms with Crippen LogP contribution in [0, 0.1) is 11.3 Å². The average molecular weight is 266 g/mol. The van der Waals surface area contributed by atoms with Crippen LogP contribution in [0.4, 0.5) is 0 Å². The Labute approximate surface area is 116 Å². The molecule has 1 aliphatic heterocycles. The van der Waals surface area contributed by atoms with E-state index in [0.717, 1.165) is 16.5 Å². The number of nitrogens with zero attached hydrogens (tertiary/aromatic N) is 2. The zero-order chi connectivity index (χ0) is 14.3. The van der Waals surface area contributed by atoms with Crippen LogP contribution in [-0.2, 0) is 6.42 Å². The number of hydrogen-bond acceptors (Lipinski definition) is 3. The van der Waals surface area contributed by atoms with Gasteiger partial charge in [-0.1, -0.05) is 18.2 Å². The van der Waals surface area contributed by atoms with E-state index in [-0.39, 0.29) is 5.91 Å². The minimum Gasteiger partial charge on any atom is -0.363 e. The van der Waals surface area contributed by atoms with Gasteiger partial charge < -0.3 is 15.2 Å². The van der Waals surface area contributed by atoms with Crippen molar-refractivity contribution in [2.24, 2.45) is 0 Å². The van der Waals surface area contributed by atoms with E-state index in [1.165, 1.54) is 0 Å². The molecule has 3 rings (SSSR count). The molecule has 0 spiro atoms. The standard InChI is InChI=1S/C15H14N4O/c1-19(2)14-9(8-16)7-11-10-5-3-4-6-12(10)17-13(11)15(20)18-14/h3-6,17H,7H2,1-2H3,(H,18,20). The lowest BCUT2D eigenvalue weighted by atomic mass is 10.0. The zero-order valence-electron chi connectivity index (χ0n) is 11.3. The number of H-pyrrole nitrogens is 1. The molecule has 2 aromatic rings. The molecule has 1 amide bonds. The van der Waals surface area contributed by atoms with Gasteiger partial charge in [0.25, 0.3) is 5.91 Å². The molecule has 5 heteroatoms. The van der Waals surface area contributed by atoms with Gasteiger partial charge in [0.15, 0.2) is 0 Å². The average Bonchev–Trinajstić information content (AvgIpc) is 2.74. The molecule has 1 aromatic carbocycles. The topological polar surface area (TPSA) is 71.9 Å². The minimum absolute atomic E-state index is 0.204. The second kappa shape index (κ2) is 4.42. The minimum atomic E-state index is -0.204. The summed E-state index contributed by atoms with van der Waals surface area (Å²) in [5.74, 6) is 0.358. The number of fused-ring (bicyclic) bond motifs is 3. The van der Waals surface area contributed by atoms with Crippen LogP contribution in [-0.4, -0.2) is 29.9 Å². The predicted molar refractivity (Wildman–Crippen MR) is 75.8 cm³/mol. The van der Waals surface area contributed by atoms with Crippen LogP contribution >= 0.6 is 0 Å². The van der Waals surface area contributed by atoms with Crippen molar-refractivity contribution in [2.75, 3.05) is 14.1 Å². The van der Waals surface area contributed by atoms with E-state index in [1.807, 2.05) is 38.4 Å². The van der Waals surface area contributed by atoms with Gasteiger partial charge in [-0.25, -0.2) is 0 Å². The molecule has 0 radical (unpaired) electrons. The maximum absolute atomic E-state index is 12.3. The van der Waals surface area contributed by atoms with Gasteiger partial charge in [0, 0.05) is 31.4 Å². The van der Waals surface area contributed by atoms with E-state index >= 15 is 0 Å². The van der Waals surface area contributed by atoms with E-state index in [2.05, 4.69) is 16.4 Å². The first-order valence-electron chi connectivity index (χ1n) is 6.33. The number of allylic oxidation sites excluding steroid dienone is 1. The number of benzene rings is 1. The molecule has 0 saturated heterocycles. The van der Waals surface area contributed by atoms with E-state index in [1.54, 1.807) is 4.90 Å². The molecule has 0 unspecified atom stereocenters. The smallest absolute Gasteiger partial charge is 0.273 e. The van der Waals surface area contributed by atoms with Gasteiger partial charge in [-0.05, 0) is 11.6 Å². The van der Waals surface area contributed by atoms with Gasteiger partial charge in [0.2, 0.25) is 0 Å². The summed E-state index contributed by atoms with van der Waals surface area (Å²) in [6.45, 7) is 0. The third kappa shape index (κ3) is 1.74. The molecule has 20 heavy (non-hydrogen) atoms. The van der Waals surface area contributed by atoms with E-state index in [9.17, 15) is 10.1 Å². The molecular weight excluding hydrogens is 252 g/mol. The number of aromatic amines is 1. The number of nitrogens with one attached hydrogen (secondary N) is 2. The molecule has 1 aliphatic rings. The lowest BCUT2D eigenvalue weighted by Gasteiger charge is -2.17. The molecule has 0 aliphatic carbocycles. The molecule has 2 N–H and O–H groups in total. The molecule has 1 aromatic heterocycles. The fourth-order valence-corrected chi connectivity index (χ4v) is 2.56. The van der Waals surface area contributed by atoms with Gasteiger partial charge in [0.1, 0.15) is 11.5 Å². The van der Waals surface area contributed by atoms with Gasteiger partial charge in [0.05, 0.1) is 11.6 Å². The van der Waals surface area contributed by atoms with Crippen molar-refractivity contribution in [3.8, 4) is 6.07 Å². The molecule has 0 saturated carbocycles. The van der Waals surface area contributed by atoms with Crippen molar-refractivity contribution in [3.63, 3.8) is 0 Å². The SMILES string of the molecule is CN(C)C1=C(C#N)Cc2c([nH]c3ccccc23)C(=O)N1. The number of aromatic nitrogens is 1. The number of hydrogen-bond donors (Lipinski definition) is 2. The third-order valence-electron chi connectivity index (χ3n) is 3.49. The van der Waals surface area contributed by atoms with Gasteiger partial charge in [-0.2, -0.15) is 5.26 Å². The van der Waals surface area contributed by atoms with Crippen LogP contribution in [0.1, 0.15) is 16.1 Å². The quantitative estimate of drug-likeness (QED) is 0.826. The Morgan fingerprint density at radius 2 is 2.05 bits per heavy atom. The number of nitriles is 1. The van der Waals surface area contributed by atoms with Crippen molar-refractivity contribution in [3.05, 3.63) is 46.9 Å². The van der Waals surface area contributed by atoms with Crippen molar-refractivity contribution in [1.82, 2.24) is 15.2 Å². The van der Waals surface area contributed by atoms with Crippen LogP contribution in [0.2, 0.25) is 0 Å². The van der Waals surface area contributed by atoms with Crippen molar-refractivity contribution in [2.45, 2.75) is 6.42 Å². The van der Waals surface area contributed by atoms with Crippen molar-refractivity contribution in [1.29, 1.82) is 5.26 Å². The summed E-state index contributed by atoms with van der Waals surface area (Å²) in [7, 11) is 3.62. The Morgan fingerprint density at radius 3 is 2.75 bits per heavy atom. The maximum atomic E-state index is 12.3. The van der Waals surface area contributed by atoms with Crippen LogP contribution in [0.5, 0.6) is 0 Å². The molecular formula is C15H14N4O. The first-order valence-corrected chi connectivity index (χ1v) is 6.33.